The van der Waals surface area contributed by atoms with Crippen molar-refractivity contribution in [3.05, 3.63) is 24.3 Å². The average Bonchev–Trinajstić information content (AvgIpc) is 2.91. The van der Waals surface area contributed by atoms with Gasteiger partial charge in [-0.3, -0.25) is 4.79 Å². The van der Waals surface area contributed by atoms with Gasteiger partial charge in [-0.05, 0) is 49.3 Å². The number of hydrogen-bond acceptors (Lipinski definition) is 3. The van der Waals surface area contributed by atoms with Crippen LogP contribution in [-0.4, -0.2) is 37.8 Å². The van der Waals surface area contributed by atoms with E-state index in [4.69, 9.17) is 17.0 Å². The fourth-order valence-electron chi connectivity index (χ4n) is 2.24. The van der Waals surface area contributed by atoms with Crippen molar-refractivity contribution in [3.8, 4) is 0 Å². The second kappa shape index (κ2) is 7.95. The Kier molecular flexibility index (Phi) is 5.95. The Morgan fingerprint density at radius 2 is 2.14 bits per heavy atom. The molecule has 0 aliphatic carbocycles. The van der Waals surface area contributed by atoms with Crippen LogP contribution in [-0.2, 0) is 9.53 Å². The minimum Gasteiger partial charge on any atom is -0.385 e. The standard InChI is InChI=1S/C15H21N3O2S/c1-20-11-3-9-16-15(21)17-12-5-7-13(8-6-12)18-10-2-4-14(18)19/h5-8H,2-4,9-11H2,1H3,(H2,16,17,21). The fraction of sp³-hybridized carbons (Fsp3) is 0.467. The summed E-state index contributed by atoms with van der Waals surface area (Å²) in [7, 11) is 1.68. The minimum absolute atomic E-state index is 0.200. The van der Waals surface area contributed by atoms with Crippen LogP contribution in [0.3, 0.4) is 0 Å². The van der Waals surface area contributed by atoms with Gasteiger partial charge >= 0.3 is 0 Å². The smallest absolute Gasteiger partial charge is 0.227 e. The van der Waals surface area contributed by atoms with Crippen LogP contribution in [0, 0.1) is 0 Å². The predicted molar refractivity (Wildman–Crippen MR) is 88.7 cm³/mol. The van der Waals surface area contributed by atoms with E-state index in [-0.39, 0.29) is 5.91 Å². The van der Waals surface area contributed by atoms with Crippen LogP contribution in [0.5, 0.6) is 0 Å². The molecule has 2 N–H and O–H groups in total. The molecule has 0 spiro atoms. The van der Waals surface area contributed by atoms with E-state index in [1.165, 1.54) is 0 Å². The Labute approximate surface area is 130 Å². The molecule has 1 aromatic carbocycles. The Morgan fingerprint density at radius 3 is 2.76 bits per heavy atom. The summed E-state index contributed by atoms with van der Waals surface area (Å²) >= 11 is 5.22. The number of carbonyl (C=O) groups excluding carboxylic acids is 1. The van der Waals surface area contributed by atoms with E-state index in [9.17, 15) is 4.79 Å². The van der Waals surface area contributed by atoms with Crippen molar-refractivity contribution in [2.75, 3.05) is 37.0 Å². The summed E-state index contributed by atoms with van der Waals surface area (Å²) in [5.74, 6) is 0.200. The number of amides is 1. The molecule has 6 heteroatoms. The van der Waals surface area contributed by atoms with Crippen LogP contribution in [0.4, 0.5) is 11.4 Å². The largest absolute Gasteiger partial charge is 0.385 e. The number of hydrogen-bond donors (Lipinski definition) is 2. The van der Waals surface area contributed by atoms with Gasteiger partial charge in [-0.2, -0.15) is 0 Å². The lowest BCUT2D eigenvalue weighted by Crippen LogP contribution is -2.29. The highest BCUT2D eigenvalue weighted by Gasteiger charge is 2.21. The minimum atomic E-state index is 0.200. The number of nitrogens with one attached hydrogen (secondary N) is 2. The van der Waals surface area contributed by atoms with Crippen molar-refractivity contribution >= 4 is 34.6 Å². The third-order valence-electron chi connectivity index (χ3n) is 3.32. The number of methoxy groups -OCH3 is 1. The molecule has 1 fully saturated rings. The van der Waals surface area contributed by atoms with Crippen molar-refractivity contribution < 1.29 is 9.53 Å². The molecule has 1 saturated heterocycles. The number of ether oxygens (including phenoxy) is 1. The summed E-state index contributed by atoms with van der Waals surface area (Å²) in [5.41, 5.74) is 1.86. The predicted octanol–water partition coefficient (Wildman–Crippen LogP) is 2.14. The van der Waals surface area contributed by atoms with E-state index in [0.717, 1.165) is 37.3 Å². The van der Waals surface area contributed by atoms with Crippen molar-refractivity contribution in [1.82, 2.24) is 5.32 Å². The molecule has 1 amide bonds. The number of thiocarbonyl (C=S) groups is 1. The zero-order valence-corrected chi connectivity index (χ0v) is 13.0. The summed E-state index contributed by atoms with van der Waals surface area (Å²) in [6.45, 7) is 2.30. The number of rotatable bonds is 6. The molecule has 0 bridgehead atoms. The van der Waals surface area contributed by atoms with Gasteiger partial charge in [0.15, 0.2) is 5.11 Å². The molecule has 1 aromatic rings. The van der Waals surface area contributed by atoms with Gasteiger partial charge in [-0.1, -0.05) is 0 Å². The van der Waals surface area contributed by atoms with Crippen molar-refractivity contribution in [2.24, 2.45) is 0 Å². The van der Waals surface area contributed by atoms with Crippen LogP contribution < -0.4 is 15.5 Å². The first-order valence-electron chi connectivity index (χ1n) is 7.15. The van der Waals surface area contributed by atoms with E-state index in [0.29, 0.717) is 18.1 Å². The third-order valence-corrected chi connectivity index (χ3v) is 3.57. The number of benzene rings is 1. The van der Waals surface area contributed by atoms with Gasteiger partial charge in [-0.15, -0.1) is 0 Å². The zero-order valence-electron chi connectivity index (χ0n) is 12.2. The SMILES string of the molecule is COCCCNC(=S)Nc1ccc(N2CCCC2=O)cc1. The first-order valence-corrected chi connectivity index (χ1v) is 7.56. The highest BCUT2D eigenvalue weighted by molar-refractivity contribution is 7.80. The zero-order chi connectivity index (χ0) is 15.1. The molecule has 0 aromatic heterocycles. The molecule has 0 saturated carbocycles. The van der Waals surface area contributed by atoms with E-state index >= 15 is 0 Å². The van der Waals surface area contributed by atoms with Crippen LogP contribution in [0.15, 0.2) is 24.3 Å². The first-order chi connectivity index (χ1) is 10.2. The molecule has 1 aliphatic rings. The normalized spacial score (nSPS) is 14.3. The summed E-state index contributed by atoms with van der Waals surface area (Å²) in [6, 6.07) is 7.76. The van der Waals surface area contributed by atoms with Gasteiger partial charge in [0.2, 0.25) is 5.91 Å². The van der Waals surface area contributed by atoms with Gasteiger partial charge in [0.1, 0.15) is 0 Å². The summed E-state index contributed by atoms with van der Waals surface area (Å²) in [4.78, 5) is 13.5. The third kappa shape index (κ3) is 4.68. The summed E-state index contributed by atoms with van der Waals surface area (Å²) in [5, 5.41) is 6.84. The molecule has 21 heavy (non-hydrogen) atoms. The van der Waals surface area contributed by atoms with E-state index in [1.807, 2.05) is 29.2 Å². The highest BCUT2D eigenvalue weighted by atomic mass is 32.1. The molecular weight excluding hydrogens is 286 g/mol. The van der Waals surface area contributed by atoms with Gasteiger partial charge in [0.25, 0.3) is 0 Å². The number of nitrogens with zero attached hydrogens (tertiary/aromatic N) is 1. The Morgan fingerprint density at radius 1 is 1.38 bits per heavy atom. The molecule has 0 unspecified atom stereocenters. The molecule has 0 atom stereocenters. The van der Waals surface area contributed by atoms with Crippen LogP contribution in [0.2, 0.25) is 0 Å². The summed E-state index contributed by atoms with van der Waals surface area (Å²) < 4.78 is 4.98. The van der Waals surface area contributed by atoms with Crippen LogP contribution in [0.1, 0.15) is 19.3 Å². The maximum Gasteiger partial charge on any atom is 0.227 e. The Bertz CT molecular complexity index is 490. The molecule has 2 rings (SSSR count). The first kappa shape index (κ1) is 15.7. The van der Waals surface area contributed by atoms with Crippen LogP contribution >= 0.6 is 12.2 Å². The van der Waals surface area contributed by atoms with Gasteiger partial charge < -0.3 is 20.3 Å². The highest BCUT2D eigenvalue weighted by Crippen LogP contribution is 2.22. The van der Waals surface area contributed by atoms with Crippen molar-refractivity contribution in [1.29, 1.82) is 0 Å². The molecule has 0 radical (unpaired) electrons. The molecule has 1 heterocycles. The van der Waals surface area contributed by atoms with E-state index in [2.05, 4.69) is 10.6 Å². The molecular formula is C15H21N3O2S. The van der Waals surface area contributed by atoms with E-state index in [1.54, 1.807) is 7.11 Å². The summed E-state index contributed by atoms with van der Waals surface area (Å²) in [6.07, 6.45) is 2.50. The van der Waals surface area contributed by atoms with E-state index < -0.39 is 0 Å². The second-order valence-electron chi connectivity index (χ2n) is 4.92. The maximum atomic E-state index is 11.7. The Hall–Kier alpha value is -1.66. The van der Waals surface area contributed by atoms with Gasteiger partial charge in [-0.25, -0.2) is 0 Å². The molecule has 114 valence electrons. The van der Waals surface area contributed by atoms with Gasteiger partial charge in [0, 0.05) is 44.6 Å². The number of carbonyl (C=O) groups is 1. The van der Waals surface area contributed by atoms with Crippen molar-refractivity contribution in [2.45, 2.75) is 19.3 Å². The van der Waals surface area contributed by atoms with Crippen molar-refractivity contribution in [3.63, 3.8) is 0 Å². The maximum absolute atomic E-state index is 11.7. The second-order valence-corrected chi connectivity index (χ2v) is 5.33. The molecule has 1 aliphatic heterocycles. The van der Waals surface area contributed by atoms with Crippen LogP contribution in [0.25, 0.3) is 0 Å². The monoisotopic (exact) mass is 307 g/mol. The number of anilines is 2. The topological polar surface area (TPSA) is 53.6 Å². The fourth-order valence-corrected chi connectivity index (χ4v) is 2.46. The Balaban J connectivity index is 1.82. The lowest BCUT2D eigenvalue weighted by atomic mass is 10.2. The quantitative estimate of drug-likeness (QED) is 0.623. The lowest BCUT2D eigenvalue weighted by Gasteiger charge is -2.16. The molecule has 5 nitrogen and oxygen atoms in total. The van der Waals surface area contributed by atoms with Gasteiger partial charge in [0.05, 0.1) is 0 Å². The lowest BCUT2D eigenvalue weighted by molar-refractivity contribution is -0.117. The average molecular weight is 307 g/mol.